The Bertz CT molecular complexity index is 1010. The maximum Gasteiger partial charge on any atom is 0.231 e. The van der Waals surface area contributed by atoms with Gasteiger partial charge in [-0.15, -0.1) is 0 Å². The molecule has 3 atom stereocenters. The van der Waals surface area contributed by atoms with E-state index in [1.807, 2.05) is 6.07 Å². The Kier molecular flexibility index (Phi) is 5.64. The number of pyridine rings is 1. The second-order valence-corrected chi connectivity index (χ2v) is 7.81. The van der Waals surface area contributed by atoms with Crippen molar-refractivity contribution in [3.05, 3.63) is 58.8 Å². The third-order valence-electron chi connectivity index (χ3n) is 5.90. The van der Waals surface area contributed by atoms with Crippen molar-refractivity contribution in [1.29, 1.82) is 5.26 Å². The number of amides is 1. The summed E-state index contributed by atoms with van der Waals surface area (Å²) in [5.74, 6) is -1.72. The molecule has 1 aromatic carbocycles. The van der Waals surface area contributed by atoms with E-state index in [1.165, 1.54) is 12.1 Å². The van der Waals surface area contributed by atoms with Crippen molar-refractivity contribution in [1.82, 2.24) is 9.88 Å². The molecule has 6 nitrogen and oxygen atoms in total. The second-order valence-electron chi connectivity index (χ2n) is 7.81. The number of carbonyl (C=O) groups is 1. The summed E-state index contributed by atoms with van der Waals surface area (Å²) in [7, 11) is 0. The Hall–Kier alpha value is -3.05. The van der Waals surface area contributed by atoms with Crippen LogP contribution in [0.3, 0.4) is 0 Å². The fraction of sp³-hybridized carbons (Fsp3) is 0.409. The molecule has 3 unspecified atom stereocenters. The molecule has 0 saturated carbocycles. The summed E-state index contributed by atoms with van der Waals surface area (Å²) in [6.07, 6.45) is 3.39. The van der Waals surface area contributed by atoms with Crippen LogP contribution in [-0.4, -0.2) is 41.0 Å². The largest absolute Gasteiger partial charge is 0.471 e. The molecule has 2 aliphatic rings. The quantitative estimate of drug-likeness (QED) is 0.815. The molecule has 1 aliphatic heterocycles. The van der Waals surface area contributed by atoms with Crippen LogP contribution in [0, 0.1) is 23.0 Å². The normalized spacial score (nSPS) is 21.2. The van der Waals surface area contributed by atoms with Gasteiger partial charge in [0.15, 0.2) is 11.6 Å². The first kappa shape index (κ1) is 20.2. The zero-order valence-electron chi connectivity index (χ0n) is 16.4. The Morgan fingerprint density at radius 3 is 2.97 bits per heavy atom. The molecule has 30 heavy (non-hydrogen) atoms. The topological polar surface area (TPSA) is 92.2 Å². The average Bonchev–Trinajstić information content (AvgIpc) is 3.36. The van der Waals surface area contributed by atoms with Crippen molar-refractivity contribution in [2.45, 2.75) is 43.7 Å². The monoisotopic (exact) mass is 412 g/mol. The van der Waals surface area contributed by atoms with Crippen LogP contribution in [0.25, 0.3) is 0 Å². The number of hydrogen-bond donors (Lipinski definition) is 1. The predicted octanol–water partition coefficient (Wildman–Crippen LogP) is 2.66. The van der Waals surface area contributed by atoms with Crippen molar-refractivity contribution in [3.63, 3.8) is 0 Å². The van der Waals surface area contributed by atoms with Crippen LogP contribution < -0.4 is 10.5 Å². The first-order valence-corrected chi connectivity index (χ1v) is 9.99. The Morgan fingerprint density at radius 2 is 2.17 bits per heavy atom. The molecule has 156 valence electrons. The molecule has 0 radical (unpaired) electrons. The number of aromatic nitrogens is 1. The standard InChI is InChI=1S/C22H22F2N4O2/c23-18-8-13-3-4-16(17(13)9-19(18)24)20(26)10-21(29)28-7-5-15(12-28)30-22-14(11-25)2-1-6-27-22/h1-2,6,8-9,15-16,20H,3-5,7,10,12,26H2. The SMILES string of the molecule is N#Cc1cccnc1OC1CCN(C(=O)CC(N)C2CCc3cc(F)c(F)cc32)C1. The lowest BCUT2D eigenvalue weighted by Gasteiger charge is -2.23. The molecular formula is C22H22F2N4O2. The minimum Gasteiger partial charge on any atom is -0.471 e. The van der Waals surface area contributed by atoms with E-state index in [9.17, 15) is 13.6 Å². The van der Waals surface area contributed by atoms with Gasteiger partial charge in [-0.3, -0.25) is 4.79 Å². The van der Waals surface area contributed by atoms with Gasteiger partial charge in [0, 0.05) is 37.5 Å². The van der Waals surface area contributed by atoms with Gasteiger partial charge in [0.2, 0.25) is 11.8 Å². The summed E-state index contributed by atoms with van der Waals surface area (Å²) in [5.41, 5.74) is 8.13. The van der Waals surface area contributed by atoms with Crippen LogP contribution in [0.5, 0.6) is 5.88 Å². The molecule has 1 aliphatic carbocycles. The van der Waals surface area contributed by atoms with E-state index in [0.717, 1.165) is 5.56 Å². The van der Waals surface area contributed by atoms with Gasteiger partial charge in [-0.2, -0.15) is 5.26 Å². The van der Waals surface area contributed by atoms with E-state index in [1.54, 1.807) is 23.2 Å². The van der Waals surface area contributed by atoms with Gasteiger partial charge in [-0.1, -0.05) is 0 Å². The zero-order chi connectivity index (χ0) is 21.3. The molecule has 0 spiro atoms. The first-order chi connectivity index (χ1) is 14.5. The number of aryl methyl sites for hydroxylation is 1. The van der Waals surface area contributed by atoms with E-state index in [0.29, 0.717) is 43.5 Å². The van der Waals surface area contributed by atoms with Gasteiger partial charge < -0.3 is 15.4 Å². The van der Waals surface area contributed by atoms with Gasteiger partial charge in [0.05, 0.1) is 6.54 Å². The van der Waals surface area contributed by atoms with Gasteiger partial charge in [0.25, 0.3) is 0 Å². The smallest absolute Gasteiger partial charge is 0.231 e. The van der Waals surface area contributed by atoms with Crippen molar-refractivity contribution in [2.24, 2.45) is 5.73 Å². The lowest BCUT2D eigenvalue weighted by molar-refractivity contribution is -0.130. The van der Waals surface area contributed by atoms with Crippen molar-refractivity contribution in [2.75, 3.05) is 13.1 Å². The van der Waals surface area contributed by atoms with E-state index in [-0.39, 0.29) is 30.2 Å². The molecule has 8 heteroatoms. The Labute approximate surface area is 173 Å². The fourth-order valence-electron chi connectivity index (χ4n) is 4.33. The third-order valence-corrected chi connectivity index (χ3v) is 5.90. The van der Waals surface area contributed by atoms with E-state index < -0.39 is 17.7 Å². The molecule has 2 heterocycles. The second kappa shape index (κ2) is 8.36. The highest BCUT2D eigenvalue weighted by atomic mass is 19.2. The molecular weight excluding hydrogens is 390 g/mol. The molecule has 0 bridgehead atoms. The van der Waals surface area contributed by atoms with Crippen LogP contribution in [0.15, 0.2) is 30.5 Å². The average molecular weight is 412 g/mol. The molecule has 2 aromatic rings. The summed E-state index contributed by atoms with van der Waals surface area (Å²) < 4.78 is 32.9. The van der Waals surface area contributed by atoms with Crippen molar-refractivity contribution in [3.8, 4) is 11.9 Å². The number of benzene rings is 1. The fourth-order valence-corrected chi connectivity index (χ4v) is 4.33. The molecule has 1 amide bonds. The highest BCUT2D eigenvalue weighted by Crippen LogP contribution is 2.37. The zero-order valence-corrected chi connectivity index (χ0v) is 16.4. The minimum atomic E-state index is -0.884. The van der Waals surface area contributed by atoms with Crippen LogP contribution >= 0.6 is 0 Å². The molecule has 2 N–H and O–H groups in total. The number of nitrogens with zero attached hydrogens (tertiary/aromatic N) is 3. The number of likely N-dealkylation sites (tertiary alicyclic amines) is 1. The molecule has 4 rings (SSSR count). The molecule has 1 fully saturated rings. The van der Waals surface area contributed by atoms with E-state index in [2.05, 4.69) is 4.98 Å². The first-order valence-electron chi connectivity index (χ1n) is 9.99. The minimum absolute atomic E-state index is 0.0915. The van der Waals surface area contributed by atoms with Crippen LogP contribution in [0.2, 0.25) is 0 Å². The summed E-state index contributed by atoms with van der Waals surface area (Å²) in [4.78, 5) is 18.5. The molecule has 1 saturated heterocycles. The highest BCUT2D eigenvalue weighted by Gasteiger charge is 2.33. The number of ether oxygens (including phenoxy) is 1. The number of rotatable bonds is 5. The number of nitriles is 1. The maximum atomic E-state index is 13.7. The Balaban J connectivity index is 1.35. The number of carbonyl (C=O) groups excluding carboxylic acids is 1. The number of fused-ring (bicyclic) bond motifs is 1. The number of nitrogens with two attached hydrogens (primary N) is 1. The third kappa shape index (κ3) is 3.98. The number of halogens is 2. The summed E-state index contributed by atoms with van der Waals surface area (Å²) >= 11 is 0. The van der Waals surface area contributed by atoms with Crippen LogP contribution in [0.1, 0.15) is 41.9 Å². The van der Waals surface area contributed by atoms with Gasteiger partial charge in [-0.05, 0) is 48.2 Å². The van der Waals surface area contributed by atoms with Crippen molar-refractivity contribution >= 4 is 5.91 Å². The van der Waals surface area contributed by atoms with Crippen molar-refractivity contribution < 1.29 is 18.3 Å². The lowest BCUT2D eigenvalue weighted by Crippen LogP contribution is -2.38. The van der Waals surface area contributed by atoms with E-state index >= 15 is 0 Å². The number of hydrogen-bond acceptors (Lipinski definition) is 5. The van der Waals surface area contributed by atoms with Gasteiger partial charge in [0.1, 0.15) is 17.7 Å². The van der Waals surface area contributed by atoms with Gasteiger partial charge >= 0.3 is 0 Å². The van der Waals surface area contributed by atoms with Crippen LogP contribution in [0.4, 0.5) is 8.78 Å². The van der Waals surface area contributed by atoms with E-state index in [4.69, 9.17) is 15.7 Å². The summed E-state index contributed by atoms with van der Waals surface area (Å²) in [5, 5.41) is 9.14. The summed E-state index contributed by atoms with van der Waals surface area (Å²) in [6, 6.07) is 7.32. The predicted molar refractivity (Wildman–Crippen MR) is 105 cm³/mol. The lowest BCUT2D eigenvalue weighted by atomic mass is 9.91. The molecule has 1 aromatic heterocycles. The maximum absolute atomic E-state index is 13.7. The Morgan fingerprint density at radius 1 is 1.37 bits per heavy atom. The summed E-state index contributed by atoms with van der Waals surface area (Å²) in [6.45, 7) is 0.931. The highest BCUT2D eigenvalue weighted by molar-refractivity contribution is 5.77. The van der Waals surface area contributed by atoms with Gasteiger partial charge in [-0.25, -0.2) is 13.8 Å². The van der Waals surface area contributed by atoms with Crippen LogP contribution in [-0.2, 0) is 11.2 Å².